The van der Waals surface area contributed by atoms with Gasteiger partial charge < -0.3 is 15.2 Å². The maximum absolute atomic E-state index is 12.4. The van der Waals surface area contributed by atoms with Gasteiger partial charge in [-0.05, 0) is 26.7 Å². The number of aliphatic carboxylic acids is 1. The molecule has 22 heavy (non-hydrogen) atoms. The van der Waals surface area contributed by atoms with Crippen LogP contribution < -0.4 is 5.32 Å². The van der Waals surface area contributed by atoms with Gasteiger partial charge >= 0.3 is 5.97 Å². The van der Waals surface area contributed by atoms with Crippen LogP contribution in [0, 0.1) is 11.8 Å². The molecule has 0 aromatic carbocycles. The molecule has 0 aromatic rings. The number of allylic oxidation sites excluding steroid dienone is 2. The first-order valence-corrected chi connectivity index (χ1v) is 7.95. The lowest BCUT2D eigenvalue weighted by Gasteiger charge is -2.30. The van der Waals surface area contributed by atoms with E-state index in [1.54, 1.807) is 0 Å². The molecule has 2 rings (SSSR count). The Labute approximate surface area is 131 Å². The molecule has 1 aliphatic heterocycles. The number of carbonyl (C=O) groups excluding carboxylic acids is 1. The van der Waals surface area contributed by atoms with Gasteiger partial charge in [-0.2, -0.15) is 0 Å². The summed E-state index contributed by atoms with van der Waals surface area (Å²) in [4.78, 5) is 26.0. The largest absolute Gasteiger partial charge is 0.481 e. The summed E-state index contributed by atoms with van der Waals surface area (Å²) in [7, 11) is 0. The van der Waals surface area contributed by atoms with Crippen LogP contribution in [0.15, 0.2) is 11.1 Å². The van der Waals surface area contributed by atoms with Gasteiger partial charge in [0, 0.05) is 26.2 Å². The van der Waals surface area contributed by atoms with E-state index in [9.17, 15) is 14.7 Å². The highest BCUT2D eigenvalue weighted by molar-refractivity contribution is 5.85. The monoisotopic (exact) mass is 310 g/mol. The molecule has 1 aliphatic carbocycles. The van der Waals surface area contributed by atoms with Gasteiger partial charge in [-0.3, -0.25) is 14.5 Å². The molecule has 1 amide bonds. The fourth-order valence-corrected chi connectivity index (χ4v) is 3.12. The van der Waals surface area contributed by atoms with Gasteiger partial charge in [-0.15, -0.1) is 0 Å². The third-order valence-electron chi connectivity index (χ3n) is 4.75. The van der Waals surface area contributed by atoms with Crippen LogP contribution in [0.1, 0.15) is 26.7 Å². The molecule has 0 bridgehead atoms. The highest BCUT2D eigenvalue weighted by atomic mass is 16.5. The Morgan fingerprint density at radius 2 is 1.77 bits per heavy atom. The van der Waals surface area contributed by atoms with E-state index in [0.29, 0.717) is 19.4 Å². The number of ether oxygens (including phenoxy) is 1. The molecule has 1 saturated heterocycles. The van der Waals surface area contributed by atoms with Gasteiger partial charge in [0.15, 0.2) is 0 Å². The van der Waals surface area contributed by atoms with Crippen molar-refractivity contribution in [3.8, 4) is 0 Å². The number of carboxylic acid groups (broad SMARTS) is 1. The van der Waals surface area contributed by atoms with Crippen molar-refractivity contribution in [2.75, 3.05) is 39.4 Å². The molecule has 124 valence electrons. The van der Waals surface area contributed by atoms with Gasteiger partial charge in [-0.1, -0.05) is 11.1 Å². The molecule has 6 nitrogen and oxygen atoms in total. The summed E-state index contributed by atoms with van der Waals surface area (Å²) in [6, 6.07) is 0. The number of hydrogen-bond donors (Lipinski definition) is 2. The molecule has 0 unspecified atom stereocenters. The molecule has 0 radical (unpaired) electrons. The quantitative estimate of drug-likeness (QED) is 0.737. The predicted octanol–water partition coefficient (Wildman–Crippen LogP) is 0.882. The summed E-state index contributed by atoms with van der Waals surface area (Å²) in [6.07, 6.45) is 1.02. The second kappa shape index (κ2) is 7.74. The van der Waals surface area contributed by atoms with Crippen LogP contribution in [0.3, 0.4) is 0 Å². The second-order valence-electron chi connectivity index (χ2n) is 6.27. The minimum absolute atomic E-state index is 0.132. The maximum Gasteiger partial charge on any atom is 0.307 e. The smallest absolute Gasteiger partial charge is 0.307 e. The fraction of sp³-hybridized carbons (Fsp3) is 0.750. The van der Waals surface area contributed by atoms with E-state index in [2.05, 4.69) is 10.2 Å². The molecule has 0 spiro atoms. The number of morpholine rings is 1. The molecule has 1 heterocycles. The molecule has 1 fully saturated rings. The zero-order valence-corrected chi connectivity index (χ0v) is 13.4. The van der Waals surface area contributed by atoms with Crippen LogP contribution in [0.4, 0.5) is 0 Å². The third-order valence-corrected chi connectivity index (χ3v) is 4.75. The van der Waals surface area contributed by atoms with Crippen molar-refractivity contribution in [2.45, 2.75) is 26.7 Å². The summed E-state index contributed by atoms with van der Waals surface area (Å²) in [6.45, 7) is 8.54. The van der Waals surface area contributed by atoms with Gasteiger partial charge in [0.25, 0.3) is 0 Å². The van der Waals surface area contributed by atoms with E-state index in [1.807, 2.05) is 13.8 Å². The van der Waals surface area contributed by atoms with Crippen molar-refractivity contribution in [3.05, 3.63) is 11.1 Å². The number of nitrogens with zero attached hydrogens (tertiary/aromatic N) is 1. The summed E-state index contributed by atoms with van der Waals surface area (Å²) in [5, 5.41) is 12.3. The van der Waals surface area contributed by atoms with Crippen LogP contribution in [0.5, 0.6) is 0 Å². The van der Waals surface area contributed by atoms with Crippen LogP contribution in [0.2, 0.25) is 0 Å². The SMILES string of the molecule is CC1=C(C)C[C@@H](C(=O)NCCN2CCOCC2)[C@H](C(=O)O)C1. The van der Waals surface area contributed by atoms with Gasteiger partial charge in [0.05, 0.1) is 25.0 Å². The van der Waals surface area contributed by atoms with Crippen molar-refractivity contribution >= 4 is 11.9 Å². The van der Waals surface area contributed by atoms with Gasteiger partial charge in [0.1, 0.15) is 0 Å². The number of nitrogens with one attached hydrogen (secondary N) is 1. The van der Waals surface area contributed by atoms with E-state index in [-0.39, 0.29) is 5.91 Å². The van der Waals surface area contributed by atoms with Crippen molar-refractivity contribution in [2.24, 2.45) is 11.8 Å². The average Bonchev–Trinajstić information content (AvgIpc) is 2.50. The first-order valence-electron chi connectivity index (χ1n) is 7.95. The zero-order chi connectivity index (χ0) is 16.1. The first-order chi connectivity index (χ1) is 10.5. The van der Waals surface area contributed by atoms with Crippen molar-refractivity contribution < 1.29 is 19.4 Å². The minimum Gasteiger partial charge on any atom is -0.481 e. The molecular weight excluding hydrogens is 284 g/mol. The Morgan fingerprint density at radius 3 is 2.36 bits per heavy atom. The van der Waals surface area contributed by atoms with Gasteiger partial charge in [0.2, 0.25) is 5.91 Å². The molecular formula is C16H26N2O4. The zero-order valence-electron chi connectivity index (χ0n) is 13.4. The number of carbonyl (C=O) groups is 2. The highest BCUT2D eigenvalue weighted by Gasteiger charge is 2.37. The number of carboxylic acids is 1. The lowest BCUT2D eigenvalue weighted by molar-refractivity contribution is -0.147. The number of hydrogen-bond acceptors (Lipinski definition) is 4. The molecule has 6 heteroatoms. The Balaban J connectivity index is 1.85. The number of rotatable bonds is 5. The maximum atomic E-state index is 12.4. The Bertz CT molecular complexity index is 455. The molecule has 2 N–H and O–H groups in total. The van der Waals surface area contributed by atoms with E-state index in [1.165, 1.54) is 0 Å². The molecule has 0 aromatic heterocycles. The topological polar surface area (TPSA) is 78.9 Å². The van der Waals surface area contributed by atoms with Crippen molar-refractivity contribution in [1.82, 2.24) is 10.2 Å². The predicted molar refractivity (Wildman–Crippen MR) is 82.5 cm³/mol. The highest BCUT2D eigenvalue weighted by Crippen LogP contribution is 2.34. The third kappa shape index (κ3) is 4.30. The summed E-state index contributed by atoms with van der Waals surface area (Å²) in [5.74, 6) is -2.06. The molecule has 2 aliphatic rings. The van der Waals surface area contributed by atoms with E-state index in [0.717, 1.165) is 44.0 Å². The fourth-order valence-electron chi connectivity index (χ4n) is 3.12. The van der Waals surface area contributed by atoms with E-state index in [4.69, 9.17) is 4.74 Å². The minimum atomic E-state index is -0.875. The second-order valence-corrected chi connectivity index (χ2v) is 6.27. The Morgan fingerprint density at radius 1 is 1.18 bits per heavy atom. The van der Waals surface area contributed by atoms with Crippen LogP contribution in [-0.2, 0) is 14.3 Å². The number of amides is 1. The van der Waals surface area contributed by atoms with Gasteiger partial charge in [-0.25, -0.2) is 0 Å². The van der Waals surface area contributed by atoms with Crippen LogP contribution >= 0.6 is 0 Å². The normalized spacial score (nSPS) is 26.8. The average molecular weight is 310 g/mol. The lowest BCUT2D eigenvalue weighted by atomic mass is 9.76. The first kappa shape index (κ1) is 17.0. The standard InChI is InChI=1S/C16H26N2O4/c1-11-9-13(14(16(20)21)10-12(11)2)15(19)17-3-4-18-5-7-22-8-6-18/h13-14H,3-10H2,1-2H3,(H,17,19)(H,20,21)/t13-,14-/m1/s1. The van der Waals surface area contributed by atoms with Crippen LogP contribution in [0.25, 0.3) is 0 Å². The Hall–Kier alpha value is -1.40. The Kier molecular flexibility index (Phi) is 5.97. The van der Waals surface area contributed by atoms with Crippen molar-refractivity contribution in [1.29, 1.82) is 0 Å². The van der Waals surface area contributed by atoms with Crippen LogP contribution in [-0.4, -0.2) is 61.3 Å². The van der Waals surface area contributed by atoms with Crippen molar-refractivity contribution in [3.63, 3.8) is 0 Å². The summed E-state index contributed by atoms with van der Waals surface area (Å²) >= 11 is 0. The summed E-state index contributed by atoms with van der Waals surface area (Å²) in [5.41, 5.74) is 2.25. The molecule has 2 atom stereocenters. The van der Waals surface area contributed by atoms with E-state index >= 15 is 0 Å². The lowest BCUT2D eigenvalue weighted by Crippen LogP contribution is -2.44. The summed E-state index contributed by atoms with van der Waals surface area (Å²) < 4.78 is 5.29. The molecule has 0 saturated carbocycles. The van der Waals surface area contributed by atoms with E-state index < -0.39 is 17.8 Å².